The topological polar surface area (TPSA) is 51.0 Å². The summed E-state index contributed by atoms with van der Waals surface area (Å²) in [4.78, 5) is 9.21. The summed E-state index contributed by atoms with van der Waals surface area (Å²) in [6.07, 6.45) is 3.45. The molecule has 1 aliphatic rings. The summed E-state index contributed by atoms with van der Waals surface area (Å²) in [6.45, 7) is 1.92. The molecule has 1 N–H and O–H groups in total. The van der Waals surface area contributed by atoms with Gasteiger partial charge in [-0.3, -0.25) is 0 Å². The third-order valence-electron chi connectivity index (χ3n) is 5.21. The molecular weight excluding hydrogens is 334 g/mol. The number of nitrogens with zero attached hydrogens (tertiary/aromatic N) is 2. The van der Waals surface area contributed by atoms with Gasteiger partial charge in [0.15, 0.2) is 5.76 Å². The average Bonchev–Trinajstić information content (AvgIpc) is 3.12. The van der Waals surface area contributed by atoms with Crippen molar-refractivity contribution in [2.75, 3.05) is 5.32 Å². The van der Waals surface area contributed by atoms with Crippen LogP contribution in [0.25, 0.3) is 22.4 Å². The standard InChI is InChI=1S/C23H21N3O/c1-15-24-20(22-13-17-8-3-5-12-21(17)27-22)14-23(25-15)26-19-11-6-9-16-7-2-4-10-18(16)19/h2-5,7-8,10,12-14,19H,6,9,11H2,1H3,(H,24,25,26). The molecule has 5 rings (SSSR count). The Balaban J connectivity index is 1.49. The first kappa shape index (κ1) is 16.1. The second kappa shape index (κ2) is 6.54. The smallest absolute Gasteiger partial charge is 0.154 e. The molecule has 2 heterocycles. The summed E-state index contributed by atoms with van der Waals surface area (Å²) >= 11 is 0. The van der Waals surface area contributed by atoms with E-state index < -0.39 is 0 Å². The molecule has 0 aliphatic heterocycles. The van der Waals surface area contributed by atoms with Crippen molar-refractivity contribution < 1.29 is 4.42 Å². The summed E-state index contributed by atoms with van der Waals surface area (Å²) in [7, 11) is 0. The fraction of sp³-hybridized carbons (Fsp3) is 0.217. The van der Waals surface area contributed by atoms with Crippen LogP contribution in [0.1, 0.15) is 35.8 Å². The maximum Gasteiger partial charge on any atom is 0.154 e. The van der Waals surface area contributed by atoms with Crippen LogP contribution in [0.15, 0.2) is 65.1 Å². The third-order valence-corrected chi connectivity index (χ3v) is 5.21. The Kier molecular flexibility index (Phi) is 3.89. The number of fused-ring (bicyclic) bond motifs is 2. The average molecular weight is 355 g/mol. The van der Waals surface area contributed by atoms with Crippen LogP contribution in [0, 0.1) is 6.92 Å². The number of benzene rings is 2. The van der Waals surface area contributed by atoms with E-state index in [0.717, 1.165) is 46.9 Å². The van der Waals surface area contributed by atoms with E-state index in [1.54, 1.807) is 0 Å². The molecule has 0 fully saturated rings. The molecule has 4 nitrogen and oxygen atoms in total. The summed E-state index contributed by atoms with van der Waals surface area (Å²) in [5.41, 5.74) is 4.50. The predicted octanol–water partition coefficient (Wildman–Crippen LogP) is 5.69. The fourth-order valence-electron chi connectivity index (χ4n) is 3.96. The Hall–Kier alpha value is -3.14. The van der Waals surface area contributed by atoms with Gasteiger partial charge in [-0.05, 0) is 49.4 Å². The van der Waals surface area contributed by atoms with E-state index in [0.29, 0.717) is 0 Å². The molecule has 4 aromatic rings. The van der Waals surface area contributed by atoms with Gasteiger partial charge in [-0.25, -0.2) is 9.97 Å². The Morgan fingerprint density at radius 2 is 1.85 bits per heavy atom. The quantitative estimate of drug-likeness (QED) is 0.513. The van der Waals surface area contributed by atoms with Crippen molar-refractivity contribution >= 4 is 16.8 Å². The second-order valence-corrected chi connectivity index (χ2v) is 7.12. The summed E-state index contributed by atoms with van der Waals surface area (Å²) < 4.78 is 5.99. The van der Waals surface area contributed by atoms with Crippen molar-refractivity contribution in [1.29, 1.82) is 0 Å². The number of hydrogen-bond acceptors (Lipinski definition) is 4. The molecule has 1 atom stereocenters. The number of aryl methyl sites for hydroxylation is 2. The van der Waals surface area contributed by atoms with E-state index in [1.165, 1.54) is 17.5 Å². The van der Waals surface area contributed by atoms with Crippen LogP contribution < -0.4 is 5.32 Å². The van der Waals surface area contributed by atoms with Gasteiger partial charge in [0, 0.05) is 11.5 Å². The Morgan fingerprint density at radius 3 is 2.78 bits per heavy atom. The van der Waals surface area contributed by atoms with Crippen molar-refractivity contribution in [3.63, 3.8) is 0 Å². The number of nitrogens with one attached hydrogen (secondary N) is 1. The Labute approximate surface area is 158 Å². The lowest BCUT2D eigenvalue weighted by Gasteiger charge is -2.27. The second-order valence-electron chi connectivity index (χ2n) is 7.12. The molecular formula is C23H21N3O. The van der Waals surface area contributed by atoms with E-state index in [-0.39, 0.29) is 6.04 Å². The van der Waals surface area contributed by atoms with Crippen molar-refractivity contribution in [2.45, 2.75) is 32.2 Å². The number of para-hydroxylation sites is 1. The van der Waals surface area contributed by atoms with Crippen molar-refractivity contribution in [3.05, 3.63) is 77.6 Å². The van der Waals surface area contributed by atoms with Crippen molar-refractivity contribution in [3.8, 4) is 11.5 Å². The molecule has 0 spiro atoms. The number of anilines is 1. The van der Waals surface area contributed by atoms with Crippen LogP contribution in [-0.4, -0.2) is 9.97 Å². The minimum absolute atomic E-state index is 0.285. The van der Waals surface area contributed by atoms with Gasteiger partial charge in [0.2, 0.25) is 0 Å². The molecule has 0 bridgehead atoms. The van der Waals surface area contributed by atoms with E-state index >= 15 is 0 Å². The molecule has 2 aromatic carbocycles. The van der Waals surface area contributed by atoms with Gasteiger partial charge < -0.3 is 9.73 Å². The minimum Gasteiger partial charge on any atom is -0.454 e. The first-order chi connectivity index (χ1) is 13.3. The predicted molar refractivity (Wildman–Crippen MR) is 108 cm³/mol. The highest BCUT2D eigenvalue weighted by Crippen LogP contribution is 2.33. The van der Waals surface area contributed by atoms with Crippen LogP contribution in [0.5, 0.6) is 0 Å². The maximum atomic E-state index is 5.99. The summed E-state index contributed by atoms with van der Waals surface area (Å²) in [6, 6.07) is 21.0. The first-order valence-electron chi connectivity index (χ1n) is 9.45. The number of hydrogen-bond donors (Lipinski definition) is 1. The van der Waals surface area contributed by atoms with Crippen LogP contribution in [0.3, 0.4) is 0 Å². The van der Waals surface area contributed by atoms with E-state index in [1.807, 2.05) is 37.3 Å². The normalized spacial score (nSPS) is 16.3. The van der Waals surface area contributed by atoms with Crippen molar-refractivity contribution in [2.24, 2.45) is 0 Å². The highest BCUT2D eigenvalue weighted by atomic mass is 16.3. The number of rotatable bonds is 3. The van der Waals surface area contributed by atoms with Gasteiger partial charge in [-0.2, -0.15) is 0 Å². The minimum atomic E-state index is 0.285. The van der Waals surface area contributed by atoms with Gasteiger partial charge in [0.25, 0.3) is 0 Å². The molecule has 1 aliphatic carbocycles. The van der Waals surface area contributed by atoms with Crippen LogP contribution in [0.4, 0.5) is 5.82 Å². The van der Waals surface area contributed by atoms with Gasteiger partial charge >= 0.3 is 0 Å². The molecule has 4 heteroatoms. The molecule has 27 heavy (non-hydrogen) atoms. The largest absolute Gasteiger partial charge is 0.454 e. The Morgan fingerprint density at radius 1 is 1.00 bits per heavy atom. The lowest BCUT2D eigenvalue weighted by atomic mass is 9.88. The first-order valence-corrected chi connectivity index (χ1v) is 9.45. The van der Waals surface area contributed by atoms with E-state index in [9.17, 15) is 0 Å². The Bertz CT molecular complexity index is 1080. The molecule has 0 radical (unpaired) electrons. The van der Waals surface area contributed by atoms with E-state index in [2.05, 4.69) is 45.6 Å². The van der Waals surface area contributed by atoms with Gasteiger partial charge in [0.05, 0.1) is 6.04 Å². The zero-order chi connectivity index (χ0) is 18.2. The van der Waals surface area contributed by atoms with Gasteiger partial charge in [-0.1, -0.05) is 42.5 Å². The highest BCUT2D eigenvalue weighted by Gasteiger charge is 2.20. The maximum absolute atomic E-state index is 5.99. The third kappa shape index (κ3) is 3.08. The molecule has 1 unspecified atom stereocenters. The van der Waals surface area contributed by atoms with Crippen LogP contribution in [-0.2, 0) is 6.42 Å². The van der Waals surface area contributed by atoms with Crippen molar-refractivity contribution in [1.82, 2.24) is 9.97 Å². The lowest BCUT2D eigenvalue weighted by Crippen LogP contribution is -2.18. The van der Waals surface area contributed by atoms with Crippen LogP contribution in [0.2, 0.25) is 0 Å². The molecule has 134 valence electrons. The molecule has 0 saturated carbocycles. The summed E-state index contributed by atoms with van der Waals surface area (Å²) in [5.74, 6) is 2.35. The molecule has 0 amide bonds. The number of aromatic nitrogens is 2. The molecule has 0 saturated heterocycles. The summed E-state index contributed by atoms with van der Waals surface area (Å²) in [5, 5.41) is 4.71. The zero-order valence-electron chi connectivity index (χ0n) is 15.3. The number of furan rings is 1. The van der Waals surface area contributed by atoms with Gasteiger partial charge in [-0.15, -0.1) is 0 Å². The monoisotopic (exact) mass is 355 g/mol. The lowest BCUT2D eigenvalue weighted by molar-refractivity contribution is 0.598. The zero-order valence-corrected chi connectivity index (χ0v) is 15.3. The van der Waals surface area contributed by atoms with E-state index in [4.69, 9.17) is 4.42 Å². The fourth-order valence-corrected chi connectivity index (χ4v) is 3.96. The highest BCUT2D eigenvalue weighted by molar-refractivity contribution is 5.82. The van der Waals surface area contributed by atoms with Crippen LogP contribution >= 0.6 is 0 Å². The molecule has 2 aromatic heterocycles. The van der Waals surface area contributed by atoms with Gasteiger partial charge in [0.1, 0.15) is 22.9 Å². The SMILES string of the molecule is Cc1nc(NC2CCCc3ccccc32)cc(-c2cc3ccccc3o2)n1.